The summed E-state index contributed by atoms with van der Waals surface area (Å²) in [5.74, 6) is 4.56. The van der Waals surface area contributed by atoms with E-state index in [0.29, 0.717) is 13.0 Å². The Balaban J connectivity index is 3.36. The number of carbonyl (C=O) groups is 1. The zero-order chi connectivity index (χ0) is 10.3. The number of nitrogens with one attached hydrogen (secondary N) is 1. The number of carbonyl (C=O) groups excluding carboxylic acids is 1. The first-order valence-electron chi connectivity index (χ1n) is 4.02. The lowest BCUT2D eigenvalue weighted by Gasteiger charge is -2.14. The summed E-state index contributed by atoms with van der Waals surface area (Å²) in [7, 11) is 1.59. The number of amides is 1. The highest BCUT2D eigenvalue weighted by molar-refractivity contribution is 5.75. The van der Waals surface area contributed by atoms with Crippen molar-refractivity contribution < 1.29 is 13.6 Å². The highest BCUT2D eigenvalue weighted by Gasteiger charge is 2.07. The van der Waals surface area contributed by atoms with Crippen molar-refractivity contribution in [3.8, 4) is 0 Å². The Kier molecular flexibility index (Phi) is 6.34. The van der Waals surface area contributed by atoms with Crippen LogP contribution in [0.25, 0.3) is 0 Å². The second-order valence-electron chi connectivity index (χ2n) is 2.82. The maximum absolute atomic E-state index is 11.8. The fourth-order valence-corrected chi connectivity index (χ4v) is 0.909. The Morgan fingerprint density at radius 2 is 2.23 bits per heavy atom. The fourth-order valence-electron chi connectivity index (χ4n) is 0.909. The summed E-state index contributed by atoms with van der Waals surface area (Å²) < 4.78 is 23.6. The molecule has 0 unspecified atom stereocenters. The molecule has 0 saturated heterocycles. The lowest BCUT2D eigenvalue weighted by molar-refractivity contribution is -0.121. The van der Waals surface area contributed by atoms with Crippen molar-refractivity contribution in [2.75, 3.05) is 20.1 Å². The third-order valence-corrected chi connectivity index (χ3v) is 1.55. The lowest BCUT2D eigenvalue weighted by Crippen LogP contribution is -2.31. The number of nitrogens with zero attached hydrogens (tertiary/aromatic N) is 1. The molecule has 3 N–H and O–H groups in total. The minimum absolute atomic E-state index is 0.260. The maximum Gasteiger partial charge on any atom is 0.251 e. The summed E-state index contributed by atoms with van der Waals surface area (Å²) in [6.07, 6.45) is -1.52. The monoisotopic (exact) mass is 195 g/mol. The SMILES string of the molecule is CN(CCCC(=O)NN)CC(F)F. The van der Waals surface area contributed by atoms with Crippen molar-refractivity contribution in [3.63, 3.8) is 0 Å². The summed E-state index contributed by atoms with van der Waals surface area (Å²) in [6, 6.07) is 0. The van der Waals surface area contributed by atoms with Gasteiger partial charge in [-0.15, -0.1) is 0 Å². The van der Waals surface area contributed by atoms with E-state index in [2.05, 4.69) is 0 Å². The van der Waals surface area contributed by atoms with Gasteiger partial charge >= 0.3 is 0 Å². The molecule has 0 radical (unpaired) electrons. The van der Waals surface area contributed by atoms with Crippen molar-refractivity contribution in [2.45, 2.75) is 19.3 Å². The van der Waals surface area contributed by atoms with E-state index in [1.54, 1.807) is 7.05 Å². The first-order chi connectivity index (χ1) is 6.06. The van der Waals surface area contributed by atoms with Gasteiger partial charge < -0.3 is 4.90 Å². The van der Waals surface area contributed by atoms with Gasteiger partial charge in [0.1, 0.15) is 0 Å². The Bertz CT molecular complexity index is 155. The average molecular weight is 195 g/mol. The van der Waals surface area contributed by atoms with Crippen LogP contribution in [0.15, 0.2) is 0 Å². The van der Waals surface area contributed by atoms with Crippen molar-refractivity contribution in [3.05, 3.63) is 0 Å². The van der Waals surface area contributed by atoms with Gasteiger partial charge in [-0.1, -0.05) is 0 Å². The topological polar surface area (TPSA) is 58.4 Å². The van der Waals surface area contributed by atoms with Gasteiger partial charge in [0.15, 0.2) is 0 Å². The molecule has 0 rings (SSSR count). The zero-order valence-electron chi connectivity index (χ0n) is 7.59. The van der Waals surface area contributed by atoms with Gasteiger partial charge in [-0.25, -0.2) is 14.6 Å². The number of rotatable bonds is 6. The lowest BCUT2D eigenvalue weighted by atomic mass is 10.3. The van der Waals surface area contributed by atoms with Crippen LogP contribution < -0.4 is 11.3 Å². The molecule has 0 aromatic rings. The number of nitrogens with two attached hydrogens (primary N) is 1. The van der Waals surface area contributed by atoms with Crippen molar-refractivity contribution in [1.82, 2.24) is 10.3 Å². The van der Waals surface area contributed by atoms with E-state index < -0.39 is 6.43 Å². The van der Waals surface area contributed by atoms with Gasteiger partial charge in [0.2, 0.25) is 5.91 Å². The molecule has 4 nitrogen and oxygen atoms in total. The van der Waals surface area contributed by atoms with Gasteiger partial charge in [0.05, 0.1) is 6.54 Å². The van der Waals surface area contributed by atoms with Crippen molar-refractivity contribution in [2.24, 2.45) is 5.84 Å². The number of hydrogen-bond acceptors (Lipinski definition) is 3. The highest BCUT2D eigenvalue weighted by atomic mass is 19.3. The van der Waals surface area contributed by atoms with Gasteiger partial charge in [0, 0.05) is 6.42 Å². The summed E-state index contributed by atoms with van der Waals surface area (Å²) in [4.78, 5) is 12.1. The second-order valence-corrected chi connectivity index (χ2v) is 2.82. The molecule has 0 spiro atoms. The van der Waals surface area contributed by atoms with Crippen molar-refractivity contribution in [1.29, 1.82) is 0 Å². The number of alkyl halides is 2. The van der Waals surface area contributed by atoms with Crippen LogP contribution in [-0.2, 0) is 4.79 Å². The minimum Gasteiger partial charge on any atom is -0.301 e. The van der Waals surface area contributed by atoms with Crippen LogP contribution in [0.1, 0.15) is 12.8 Å². The van der Waals surface area contributed by atoms with E-state index in [9.17, 15) is 13.6 Å². The zero-order valence-corrected chi connectivity index (χ0v) is 7.59. The average Bonchev–Trinajstić information content (AvgIpc) is 2.02. The van der Waals surface area contributed by atoms with Crippen molar-refractivity contribution >= 4 is 5.91 Å². The molecule has 0 heterocycles. The smallest absolute Gasteiger partial charge is 0.251 e. The second kappa shape index (κ2) is 6.73. The Labute approximate surface area is 76.0 Å². The van der Waals surface area contributed by atoms with E-state index in [-0.39, 0.29) is 18.9 Å². The molecule has 0 aliphatic rings. The molecule has 0 atom stereocenters. The van der Waals surface area contributed by atoms with E-state index in [1.165, 1.54) is 4.90 Å². The summed E-state index contributed by atoms with van der Waals surface area (Å²) in [5, 5.41) is 0. The molecule has 1 amide bonds. The first kappa shape index (κ1) is 12.2. The van der Waals surface area contributed by atoms with Crippen LogP contribution in [0.3, 0.4) is 0 Å². The normalized spacial score (nSPS) is 10.9. The van der Waals surface area contributed by atoms with E-state index in [1.807, 2.05) is 5.43 Å². The molecule has 0 aliphatic carbocycles. The molecular formula is C7H15F2N3O. The Hall–Kier alpha value is -0.750. The summed E-state index contributed by atoms with van der Waals surface area (Å²) in [6.45, 7) is 0.210. The van der Waals surface area contributed by atoms with E-state index in [4.69, 9.17) is 5.84 Å². The van der Waals surface area contributed by atoms with Gasteiger partial charge in [-0.3, -0.25) is 10.2 Å². The standard InChI is InChI=1S/C7H15F2N3O/c1-12(5-6(8)9)4-2-3-7(13)11-10/h6H,2-5,10H2,1H3,(H,11,13). The molecule has 6 heteroatoms. The van der Waals surface area contributed by atoms with Crippen LogP contribution in [-0.4, -0.2) is 37.4 Å². The highest BCUT2D eigenvalue weighted by Crippen LogP contribution is 1.98. The molecule has 0 fully saturated rings. The molecule has 0 aromatic heterocycles. The van der Waals surface area contributed by atoms with Crippen LogP contribution >= 0.6 is 0 Å². The third-order valence-electron chi connectivity index (χ3n) is 1.55. The Morgan fingerprint density at radius 1 is 1.62 bits per heavy atom. The van der Waals surface area contributed by atoms with Crippen LogP contribution in [0, 0.1) is 0 Å². The first-order valence-corrected chi connectivity index (χ1v) is 4.02. The molecule has 0 aliphatic heterocycles. The number of hydrogen-bond donors (Lipinski definition) is 2. The van der Waals surface area contributed by atoms with Crippen LogP contribution in [0.5, 0.6) is 0 Å². The Morgan fingerprint density at radius 3 is 2.69 bits per heavy atom. The maximum atomic E-state index is 11.8. The fraction of sp³-hybridized carbons (Fsp3) is 0.857. The molecule has 0 aromatic carbocycles. The predicted octanol–water partition coefficient (Wildman–Crippen LogP) is -0.0466. The minimum atomic E-state index is -2.33. The molecule has 0 bridgehead atoms. The van der Waals surface area contributed by atoms with Crippen LogP contribution in [0.2, 0.25) is 0 Å². The predicted molar refractivity (Wildman–Crippen MR) is 45.1 cm³/mol. The summed E-state index contributed by atoms with van der Waals surface area (Å²) >= 11 is 0. The number of halogens is 2. The largest absolute Gasteiger partial charge is 0.301 e. The number of hydrazine groups is 1. The molecule has 0 saturated carbocycles. The quantitative estimate of drug-likeness (QED) is 0.355. The van der Waals surface area contributed by atoms with Gasteiger partial charge in [0.25, 0.3) is 6.43 Å². The third kappa shape index (κ3) is 7.61. The van der Waals surface area contributed by atoms with Gasteiger partial charge in [-0.05, 0) is 20.0 Å². The molecular weight excluding hydrogens is 180 g/mol. The van der Waals surface area contributed by atoms with E-state index in [0.717, 1.165) is 0 Å². The molecule has 78 valence electrons. The van der Waals surface area contributed by atoms with Gasteiger partial charge in [-0.2, -0.15) is 0 Å². The van der Waals surface area contributed by atoms with E-state index >= 15 is 0 Å². The summed E-state index contributed by atoms with van der Waals surface area (Å²) in [5.41, 5.74) is 1.97. The molecule has 13 heavy (non-hydrogen) atoms. The van der Waals surface area contributed by atoms with Crippen LogP contribution in [0.4, 0.5) is 8.78 Å².